The average molecular weight is 1770 g/mol. The van der Waals surface area contributed by atoms with Crippen LogP contribution in [0, 0.1) is 5.92 Å². The molecule has 37 nitrogen and oxygen atoms in total. The minimum atomic E-state index is -1.94. The number of nitrogens with zero attached hydrogens (tertiary/aromatic N) is 4. The molecule has 18 amide bonds. The van der Waals surface area contributed by atoms with Gasteiger partial charge in [0.1, 0.15) is 66.3 Å². The summed E-state index contributed by atoms with van der Waals surface area (Å²) in [7, 11) is 5.57. The molecule has 1 unspecified atom stereocenters. The van der Waals surface area contributed by atoms with Gasteiger partial charge >= 0.3 is 6.03 Å². The van der Waals surface area contributed by atoms with Gasteiger partial charge in [0.2, 0.25) is 70.9 Å². The molecule has 682 valence electrons. The number of imide groups is 1. The van der Waals surface area contributed by atoms with E-state index in [1.54, 1.807) is 62.4 Å². The number of urea groups is 2. The minimum absolute atomic E-state index is 0.00335. The number of likely N-dealkylation sites (N-methyl/N-ethyl adjacent to an activating group) is 1. The molecule has 2 aliphatic heterocycles. The van der Waals surface area contributed by atoms with E-state index in [2.05, 4.69) is 90.1 Å². The molecular formula is C89H117ClN20O17. The van der Waals surface area contributed by atoms with Gasteiger partial charge in [-0.3, -0.25) is 76.9 Å². The maximum atomic E-state index is 15.6. The van der Waals surface area contributed by atoms with Crippen LogP contribution in [0.1, 0.15) is 114 Å². The number of amides is 18. The number of primary amides is 1. The van der Waals surface area contributed by atoms with Crippen molar-refractivity contribution in [3.8, 4) is 0 Å². The number of carbonyl (C=O) groups excluding carboxylic acids is 16. The fourth-order valence-corrected chi connectivity index (χ4v) is 14.4. The quantitative estimate of drug-likeness (QED) is 0.0191. The third kappa shape index (κ3) is 33.1. The summed E-state index contributed by atoms with van der Waals surface area (Å²) in [5.74, 6) is -11.5. The molecule has 0 radical (unpaired) electrons. The standard InChI is InChI=1S/C89H117ClN20O17/c1-51(2)40-66(79(117)100-65(19-12-13-36-93-52(3)4)87(125)109-39-15-20-74(109)86(124)96-53(5)77(91)115)101-81(119)69(43-57-26-33-64(34-27-57)99-88(126)95-38-37-94-76(114)49-110(7,8)9)103-83(121)70(44-56-24-31-63(32-25-56)98-78(116)72-47-75(113)108-89(127)107-72)105-85(123)73(50-111)106-84(122)71(46-59-16-14-35-92-48-59)104-82(120)68(42-55-22-29-62(90)30-23-55)102-80(118)67(97-54(6)112)45-58-21-28-60-17-10-11-18-61(60)41-58/h10-11,14,16-18,21-35,41,48,51-53,65-74,93,111H,12-13,15,19-20,36-40,42-47,49-50H2,1-9H3,(H16-,91,94,95,96,97,98,99,100,101,102,103,104,105,106,107,108,112,113,114,115,116,117,118,119,120,121,122,123,124,126,127)/t53-,65+,66+,67-,68-,69-,70+,71-,72?,73+,74+/m1/s1. The predicted molar refractivity (Wildman–Crippen MR) is 474 cm³/mol. The number of aromatic nitrogens is 1. The van der Waals surface area contributed by atoms with Crippen LogP contribution in [0.3, 0.4) is 0 Å². The van der Waals surface area contributed by atoms with E-state index < -0.39 is 175 Å². The van der Waals surface area contributed by atoms with Gasteiger partial charge in [-0.05, 0) is 139 Å². The van der Waals surface area contributed by atoms with Crippen molar-refractivity contribution >= 4 is 129 Å². The van der Waals surface area contributed by atoms with Crippen LogP contribution in [0.2, 0.25) is 5.02 Å². The monoisotopic (exact) mass is 1770 g/mol. The number of benzene rings is 5. The minimum Gasteiger partial charge on any atom is -0.437 e. The van der Waals surface area contributed by atoms with Crippen molar-refractivity contribution in [1.82, 2.24) is 79.0 Å². The van der Waals surface area contributed by atoms with Crippen LogP contribution in [0.25, 0.3) is 16.1 Å². The zero-order valence-electron chi connectivity index (χ0n) is 72.7. The Hall–Kier alpha value is -13.0. The lowest BCUT2D eigenvalue weighted by Gasteiger charge is -2.31. The first-order valence-corrected chi connectivity index (χ1v) is 42.6. The molecule has 2 fully saturated rings. The van der Waals surface area contributed by atoms with Crippen LogP contribution in [0.5, 0.6) is 0 Å². The van der Waals surface area contributed by atoms with Gasteiger partial charge in [-0.15, -0.1) is 0 Å². The molecule has 2 saturated heterocycles. The van der Waals surface area contributed by atoms with Gasteiger partial charge in [-0.25, -0.2) is 4.79 Å². The van der Waals surface area contributed by atoms with Gasteiger partial charge in [-0.1, -0.05) is 124 Å². The number of likely N-dealkylation sites (tertiary alicyclic amines) is 1. The average Bonchev–Trinajstić information content (AvgIpc) is 1.74. The van der Waals surface area contributed by atoms with Crippen LogP contribution in [0.15, 0.2) is 140 Å². The summed E-state index contributed by atoms with van der Waals surface area (Å²) in [4.78, 5) is 228. The molecule has 0 aliphatic carbocycles. The normalized spacial score (nSPS) is 15.9. The Morgan fingerprint density at radius 2 is 1.05 bits per heavy atom. The number of nitrogens with one attached hydrogen (secondary N) is 15. The number of aliphatic hydroxyl groups excluding tert-OH is 1. The number of rotatable bonds is 46. The Labute approximate surface area is 742 Å². The second-order valence-electron chi connectivity index (χ2n) is 33.4. The number of hydrogen-bond acceptors (Lipinski definition) is 19. The van der Waals surface area contributed by atoms with Gasteiger partial charge in [0.15, 0.2) is 12.6 Å². The molecule has 38 heteroatoms. The molecule has 8 rings (SSSR count). The number of carbonyl (C=O) groups is 16. The molecule has 0 spiro atoms. The summed E-state index contributed by atoms with van der Waals surface area (Å²) in [5, 5.41) is 57.4. The molecule has 1 aromatic heterocycles. The first-order chi connectivity index (χ1) is 60.3. The smallest absolute Gasteiger partial charge is 0.319 e. The molecular weight excluding hydrogens is 1660 g/mol. The zero-order chi connectivity index (χ0) is 92.6. The third-order valence-corrected chi connectivity index (χ3v) is 21.0. The first kappa shape index (κ1) is 99.4. The van der Waals surface area contributed by atoms with Gasteiger partial charge in [-0.2, -0.15) is 0 Å². The number of aliphatic hydroxyl groups is 1. The highest BCUT2D eigenvalue weighted by Crippen LogP contribution is 2.24. The number of hydrogen-bond donors (Lipinski definition) is 17. The number of anilines is 2. The van der Waals surface area contributed by atoms with Gasteiger partial charge < -0.3 is 105 Å². The van der Waals surface area contributed by atoms with Crippen molar-refractivity contribution in [2.45, 2.75) is 191 Å². The maximum absolute atomic E-state index is 15.6. The summed E-state index contributed by atoms with van der Waals surface area (Å²) >= 11 is 6.29. The van der Waals surface area contributed by atoms with Crippen molar-refractivity contribution in [2.75, 3.05) is 71.1 Å². The summed E-state index contributed by atoms with van der Waals surface area (Å²) in [6.07, 6.45) is 2.82. The van der Waals surface area contributed by atoms with Crippen LogP contribution < -0.4 is 85.5 Å². The maximum Gasteiger partial charge on any atom is 0.319 e. The molecule has 11 atom stereocenters. The highest BCUT2D eigenvalue weighted by atomic mass is 35.5. The van der Waals surface area contributed by atoms with Gasteiger partial charge in [0.05, 0.1) is 27.7 Å². The number of unbranched alkanes of at least 4 members (excludes halogenated alkanes) is 1. The largest absolute Gasteiger partial charge is 0.437 e. The molecule has 0 saturated carbocycles. The van der Waals surface area contributed by atoms with E-state index in [1.807, 2.05) is 77.5 Å². The lowest BCUT2D eigenvalue weighted by atomic mass is 9.99. The lowest BCUT2D eigenvalue weighted by Crippen LogP contribution is -2.62. The number of halogens is 1. The fourth-order valence-electron chi connectivity index (χ4n) is 14.2. The van der Waals surface area contributed by atoms with Crippen LogP contribution in [0.4, 0.5) is 21.0 Å². The van der Waals surface area contributed by atoms with E-state index in [-0.39, 0.29) is 106 Å². The number of fused-ring (bicyclic) bond motifs is 1. The van der Waals surface area contributed by atoms with E-state index in [0.717, 1.165) is 10.8 Å². The molecule has 6 aromatic rings. The second-order valence-corrected chi connectivity index (χ2v) is 33.8. The Bertz CT molecular complexity index is 4850. The van der Waals surface area contributed by atoms with E-state index >= 15 is 28.8 Å². The summed E-state index contributed by atoms with van der Waals surface area (Å²) in [6.45, 7) is 10.1. The van der Waals surface area contributed by atoms with E-state index in [1.165, 1.54) is 67.5 Å². The van der Waals surface area contributed by atoms with E-state index in [0.29, 0.717) is 57.6 Å². The molecule has 127 heavy (non-hydrogen) atoms. The highest BCUT2D eigenvalue weighted by Gasteiger charge is 2.41. The van der Waals surface area contributed by atoms with Crippen molar-refractivity contribution in [3.63, 3.8) is 0 Å². The fraction of sp³-hybridized carbons (Fsp3) is 0.449. The third-order valence-electron chi connectivity index (χ3n) is 20.7. The van der Waals surface area contributed by atoms with Crippen LogP contribution in [-0.4, -0.2) is 247 Å². The topological polar surface area (TPSA) is 530 Å². The van der Waals surface area contributed by atoms with Gasteiger partial charge in [0, 0.05) is 106 Å². The summed E-state index contributed by atoms with van der Waals surface area (Å²) in [6, 6.07) is 17.3. The molecule has 18 N–H and O–H groups in total. The number of pyridine rings is 1. The van der Waals surface area contributed by atoms with Crippen molar-refractivity contribution < 1.29 is 86.3 Å². The van der Waals surface area contributed by atoms with Crippen LogP contribution >= 0.6 is 11.6 Å². The SMILES string of the molecule is CC(=O)N[C@H](Cc1ccc2ccccc2c1)C(=O)N[C@H](Cc1ccc(Cl)cc1)C(=O)N[C@H](Cc1cccnc1)C(=O)N[C@@H](CO)C(=O)N[C@@H](Cc1ccc(NC(=O)C2CC(=O)[N-]C(=O)N2)cc1)C(=O)N[C@H](Cc1ccc(NC(=O)NCCNC(=O)C[N+](C)(C)C)cc1)C(=O)N[C@@H](CC(C)C)C(=O)N[C@@H](CCCCNC(C)C)C(=O)N1CCC[C@H]1C(=O)N[C@H](C)C(N)=O. The Morgan fingerprint density at radius 1 is 0.551 bits per heavy atom. The summed E-state index contributed by atoms with van der Waals surface area (Å²) < 4.78 is 0.381. The van der Waals surface area contributed by atoms with Crippen LogP contribution in [-0.2, 0) is 99.2 Å². The van der Waals surface area contributed by atoms with E-state index in [4.69, 9.17) is 17.3 Å². The zero-order valence-corrected chi connectivity index (χ0v) is 73.5. The Morgan fingerprint density at radius 3 is 1.57 bits per heavy atom. The van der Waals surface area contributed by atoms with Gasteiger partial charge in [0.25, 0.3) is 5.91 Å². The predicted octanol–water partition coefficient (Wildman–Crippen LogP) is 1.75. The number of quaternary nitrogens is 1. The molecule has 3 heterocycles. The lowest BCUT2D eigenvalue weighted by molar-refractivity contribution is -0.862. The number of nitrogens with two attached hydrogens (primary N) is 1. The van der Waals surface area contributed by atoms with E-state index in [9.17, 15) is 53.1 Å². The highest BCUT2D eigenvalue weighted by molar-refractivity contribution is 6.30. The molecule has 5 aromatic carbocycles. The van der Waals surface area contributed by atoms with Crippen molar-refractivity contribution in [1.29, 1.82) is 0 Å². The molecule has 0 bridgehead atoms. The Kier molecular flexibility index (Phi) is 37.9. The van der Waals surface area contributed by atoms with Crippen molar-refractivity contribution in [2.24, 2.45) is 11.7 Å². The van der Waals surface area contributed by atoms with Crippen molar-refractivity contribution in [3.05, 3.63) is 178 Å². The first-order valence-electron chi connectivity index (χ1n) is 42.3. The molecule has 2 aliphatic rings. The second kappa shape index (κ2) is 48.5. The Balaban J connectivity index is 1.11. The summed E-state index contributed by atoms with van der Waals surface area (Å²) in [5.41, 5.74) is 8.12.